The van der Waals surface area contributed by atoms with E-state index in [4.69, 9.17) is 37.0 Å². The predicted octanol–water partition coefficient (Wildman–Crippen LogP) is 19.4. The highest BCUT2D eigenvalue weighted by atomic mass is 31.2. The van der Waals surface area contributed by atoms with Crippen LogP contribution in [-0.2, 0) is 65.4 Å². The van der Waals surface area contributed by atoms with E-state index in [1.807, 2.05) is 0 Å². The highest BCUT2D eigenvalue weighted by molar-refractivity contribution is 7.47. The zero-order valence-corrected chi connectivity index (χ0v) is 57.9. The van der Waals surface area contributed by atoms with Crippen molar-refractivity contribution in [2.24, 2.45) is 5.92 Å². The lowest BCUT2D eigenvalue weighted by Crippen LogP contribution is -2.30. The first kappa shape index (κ1) is 85.1. The summed E-state index contributed by atoms with van der Waals surface area (Å²) in [5.41, 5.74) is 0. The van der Waals surface area contributed by atoms with Gasteiger partial charge in [0.25, 0.3) is 0 Å². The Hall–Kier alpha value is -1.94. The van der Waals surface area contributed by atoms with Crippen molar-refractivity contribution in [3.05, 3.63) is 0 Å². The number of esters is 4. The smallest absolute Gasteiger partial charge is 0.462 e. The number of hydrogen-bond acceptors (Lipinski definition) is 15. The number of phosphoric ester groups is 2. The van der Waals surface area contributed by atoms with Crippen molar-refractivity contribution in [3.8, 4) is 0 Å². The average Bonchev–Trinajstić information content (AvgIpc) is 3.69. The van der Waals surface area contributed by atoms with Crippen LogP contribution in [0.5, 0.6) is 0 Å². The monoisotopic (exact) mass is 1280 g/mol. The quantitative estimate of drug-likeness (QED) is 0.0222. The fraction of sp³-hybridized carbons (Fsp3) is 0.941. The zero-order chi connectivity index (χ0) is 64.2. The maximum atomic E-state index is 13.0. The predicted molar refractivity (Wildman–Crippen MR) is 349 cm³/mol. The van der Waals surface area contributed by atoms with Gasteiger partial charge in [-0.2, -0.15) is 0 Å². The topological polar surface area (TPSA) is 237 Å². The third-order valence-corrected chi connectivity index (χ3v) is 18.0. The number of carbonyl (C=O) groups is 4. The van der Waals surface area contributed by atoms with Crippen LogP contribution in [0.25, 0.3) is 0 Å². The molecule has 0 aromatic rings. The molecule has 19 heteroatoms. The largest absolute Gasteiger partial charge is 0.472 e. The summed E-state index contributed by atoms with van der Waals surface area (Å²) >= 11 is 0. The molecule has 0 rings (SSSR count). The molecule has 0 saturated carbocycles. The molecule has 0 aliphatic rings. The highest BCUT2D eigenvalue weighted by Gasteiger charge is 2.30. The SMILES string of the molecule is CCCCCCCCCCCCCCCCCCCC(=O)OC[C@H](COP(=O)(O)OC[C@@H](O)COP(=O)(O)OC[C@@H](COC(=O)CCCCCCC)OC(=O)CCCCCCCCC)OC(=O)CCCCCCCCCCCCCCCCC(C)CC. The summed E-state index contributed by atoms with van der Waals surface area (Å²) in [6, 6.07) is 0. The van der Waals surface area contributed by atoms with E-state index in [-0.39, 0.29) is 25.7 Å². The average molecular weight is 1280 g/mol. The number of ether oxygens (including phenoxy) is 4. The van der Waals surface area contributed by atoms with Crippen LogP contribution in [0.1, 0.15) is 349 Å². The number of phosphoric acid groups is 2. The second-order valence-electron chi connectivity index (χ2n) is 24.8. The Bertz CT molecular complexity index is 1690. The molecule has 6 atom stereocenters. The first-order valence-corrected chi connectivity index (χ1v) is 38.7. The molecule has 17 nitrogen and oxygen atoms in total. The minimum atomic E-state index is -4.95. The molecule has 3 unspecified atom stereocenters. The van der Waals surface area contributed by atoms with Gasteiger partial charge in [-0.15, -0.1) is 0 Å². The summed E-state index contributed by atoms with van der Waals surface area (Å²) in [7, 11) is -9.88. The first-order valence-electron chi connectivity index (χ1n) is 35.7. The van der Waals surface area contributed by atoms with E-state index in [0.717, 1.165) is 115 Å². The van der Waals surface area contributed by atoms with Crippen molar-refractivity contribution in [2.45, 2.75) is 368 Å². The summed E-state index contributed by atoms with van der Waals surface area (Å²) in [6.07, 6.45) is 47.8. The van der Waals surface area contributed by atoms with Crippen molar-refractivity contribution < 1.29 is 80.2 Å². The molecular formula is C68H132O17P2. The van der Waals surface area contributed by atoms with Gasteiger partial charge in [-0.3, -0.25) is 37.3 Å². The van der Waals surface area contributed by atoms with Gasteiger partial charge in [0.05, 0.1) is 26.4 Å². The van der Waals surface area contributed by atoms with E-state index in [1.165, 1.54) is 154 Å². The summed E-state index contributed by atoms with van der Waals surface area (Å²) in [5, 5.41) is 10.5. The lowest BCUT2D eigenvalue weighted by molar-refractivity contribution is -0.161. The van der Waals surface area contributed by atoms with E-state index in [1.54, 1.807) is 0 Å². The molecule has 0 spiro atoms. The molecule has 0 aromatic heterocycles. The van der Waals surface area contributed by atoms with Gasteiger partial charge >= 0.3 is 39.5 Å². The summed E-state index contributed by atoms with van der Waals surface area (Å²) in [4.78, 5) is 72.0. The summed E-state index contributed by atoms with van der Waals surface area (Å²) in [5.74, 6) is -1.30. The van der Waals surface area contributed by atoms with E-state index in [0.29, 0.717) is 25.7 Å². The third kappa shape index (κ3) is 61.3. The zero-order valence-electron chi connectivity index (χ0n) is 56.2. The molecule has 0 heterocycles. The number of carbonyl (C=O) groups excluding carboxylic acids is 4. The van der Waals surface area contributed by atoms with Gasteiger partial charge < -0.3 is 33.8 Å². The second kappa shape index (κ2) is 61.6. The van der Waals surface area contributed by atoms with Crippen LogP contribution < -0.4 is 0 Å². The van der Waals surface area contributed by atoms with Gasteiger partial charge in [-0.05, 0) is 31.6 Å². The van der Waals surface area contributed by atoms with Crippen LogP contribution in [0, 0.1) is 5.92 Å². The third-order valence-electron chi connectivity index (χ3n) is 16.1. The fourth-order valence-electron chi connectivity index (χ4n) is 10.3. The van der Waals surface area contributed by atoms with Gasteiger partial charge in [0.2, 0.25) is 0 Å². The number of rotatable bonds is 68. The van der Waals surface area contributed by atoms with Crippen LogP contribution in [0.4, 0.5) is 0 Å². The summed E-state index contributed by atoms with van der Waals surface area (Å²) < 4.78 is 67.8. The maximum Gasteiger partial charge on any atom is 0.472 e. The molecular weight excluding hydrogens is 1150 g/mol. The Morgan fingerprint density at radius 3 is 0.816 bits per heavy atom. The molecule has 0 aromatic carbocycles. The van der Waals surface area contributed by atoms with Gasteiger partial charge in [-0.25, -0.2) is 9.13 Å². The molecule has 3 N–H and O–H groups in total. The van der Waals surface area contributed by atoms with E-state index in [9.17, 15) is 43.2 Å². The maximum absolute atomic E-state index is 13.0. The molecule has 0 saturated heterocycles. The van der Waals surface area contributed by atoms with Crippen molar-refractivity contribution in [3.63, 3.8) is 0 Å². The first-order chi connectivity index (χ1) is 42.1. The van der Waals surface area contributed by atoms with Crippen LogP contribution in [0.15, 0.2) is 0 Å². The number of aliphatic hydroxyl groups is 1. The molecule has 516 valence electrons. The van der Waals surface area contributed by atoms with Crippen molar-refractivity contribution in [1.82, 2.24) is 0 Å². The van der Waals surface area contributed by atoms with Gasteiger partial charge in [0.1, 0.15) is 19.3 Å². The minimum Gasteiger partial charge on any atom is -0.462 e. The Morgan fingerprint density at radius 2 is 0.552 bits per heavy atom. The van der Waals surface area contributed by atoms with Crippen molar-refractivity contribution in [2.75, 3.05) is 39.6 Å². The van der Waals surface area contributed by atoms with Crippen LogP contribution in [0.2, 0.25) is 0 Å². The van der Waals surface area contributed by atoms with Crippen molar-refractivity contribution >= 4 is 39.5 Å². The second-order valence-corrected chi connectivity index (χ2v) is 27.7. The molecule has 0 amide bonds. The molecule has 87 heavy (non-hydrogen) atoms. The molecule has 0 bridgehead atoms. The molecule has 0 aliphatic heterocycles. The van der Waals surface area contributed by atoms with Crippen molar-refractivity contribution in [1.29, 1.82) is 0 Å². The van der Waals surface area contributed by atoms with Gasteiger partial charge in [0, 0.05) is 25.7 Å². The Balaban J connectivity index is 5.11. The number of aliphatic hydroxyl groups excluding tert-OH is 1. The highest BCUT2D eigenvalue weighted by Crippen LogP contribution is 2.45. The van der Waals surface area contributed by atoms with E-state index >= 15 is 0 Å². The molecule has 0 radical (unpaired) electrons. The standard InChI is InChI=1S/C68H132O17P2/c1-6-10-13-16-18-19-20-21-22-23-24-28-31-34-38-42-47-52-66(71)79-58-64(85-68(73)54-49-44-39-35-32-29-26-25-27-30-33-37-41-45-50-61(5)9-4)60-83-87(76,77)81-56-62(69)55-80-86(74,75)82-59-63(57-78-65(70)51-46-40-15-12-8-3)84-67(72)53-48-43-36-17-14-11-7-2/h61-64,69H,6-60H2,1-5H3,(H,74,75)(H,76,77)/t61?,62-,63+,64+/m0/s1. The fourth-order valence-corrected chi connectivity index (χ4v) is 11.8. The lowest BCUT2D eigenvalue weighted by atomic mass is 9.99. The Morgan fingerprint density at radius 1 is 0.322 bits per heavy atom. The van der Waals surface area contributed by atoms with E-state index < -0.39 is 97.5 Å². The molecule has 0 fully saturated rings. The van der Waals surface area contributed by atoms with Gasteiger partial charge in [0.15, 0.2) is 12.2 Å². The Labute approximate surface area is 530 Å². The lowest BCUT2D eigenvalue weighted by Gasteiger charge is -2.21. The van der Waals surface area contributed by atoms with Crippen LogP contribution >= 0.6 is 15.6 Å². The molecule has 0 aliphatic carbocycles. The Kier molecular flexibility index (Phi) is 60.2. The van der Waals surface area contributed by atoms with Gasteiger partial charge in [-0.1, -0.05) is 298 Å². The normalized spacial score (nSPS) is 14.4. The van der Waals surface area contributed by atoms with Crippen LogP contribution in [0.3, 0.4) is 0 Å². The number of unbranched alkanes of at least 4 members (excludes halogenated alkanes) is 39. The van der Waals surface area contributed by atoms with E-state index in [2.05, 4.69) is 34.6 Å². The van der Waals surface area contributed by atoms with Crippen LogP contribution in [-0.4, -0.2) is 96.7 Å². The summed E-state index contributed by atoms with van der Waals surface area (Å²) in [6.45, 7) is 7.15. The number of hydrogen-bond donors (Lipinski definition) is 3. The minimum absolute atomic E-state index is 0.103.